The van der Waals surface area contributed by atoms with Gasteiger partial charge in [0, 0.05) is 24.7 Å². The van der Waals surface area contributed by atoms with E-state index in [1.54, 1.807) is 26.0 Å². The van der Waals surface area contributed by atoms with Gasteiger partial charge in [0.05, 0.1) is 18.8 Å². The predicted molar refractivity (Wildman–Crippen MR) is 139 cm³/mol. The third-order valence-electron chi connectivity index (χ3n) is 6.16. The van der Waals surface area contributed by atoms with Crippen LogP contribution in [0.4, 0.5) is 0 Å². The van der Waals surface area contributed by atoms with Crippen molar-refractivity contribution < 1.29 is 34.2 Å². The van der Waals surface area contributed by atoms with Crippen LogP contribution < -0.4 is 27.4 Å². The molecule has 0 aliphatic rings. The number of nitrogens with two attached hydrogens (primary N) is 2. The number of carbonyl (C=O) groups excluding carboxylic acids is 4. The zero-order chi connectivity index (χ0) is 29.1. The molecule has 0 aliphatic carbocycles. The molecule has 5 atom stereocenters. The van der Waals surface area contributed by atoms with E-state index in [0.29, 0.717) is 17.7 Å². The van der Waals surface area contributed by atoms with Gasteiger partial charge >= 0.3 is 5.97 Å². The number of rotatable bonds is 15. The van der Waals surface area contributed by atoms with Crippen LogP contribution in [-0.2, 0) is 36.8 Å². The quantitative estimate of drug-likeness (QED) is 0.132. The minimum Gasteiger partial charge on any atom is -0.508 e. The van der Waals surface area contributed by atoms with Gasteiger partial charge in [-0.1, -0.05) is 32.4 Å². The normalized spacial score (nSPS) is 14.7. The van der Waals surface area contributed by atoms with Gasteiger partial charge in [0.1, 0.15) is 23.9 Å². The third-order valence-corrected chi connectivity index (χ3v) is 6.16. The smallest absolute Gasteiger partial charge is 0.326 e. The van der Waals surface area contributed by atoms with Crippen molar-refractivity contribution in [2.45, 2.75) is 63.7 Å². The first-order valence-corrected chi connectivity index (χ1v) is 12.3. The van der Waals surface area contributed by atoms with Crippen molar-refractivity contribution in [1.29, 1.82) is 0 Å². The van der Waals surface area contributed by atoms with Crippen molar-refractivity contribution in [1.82, 2.24) is 25.9 Å². The third kappa shape index (κ3) is 9.74. The molecule has 14 nitrogen and oxygen atoms in total. The Morgan fingerprint density at radius 2 is 1.56 bits per heavy atom. The molecule has 0 spiro atoms. The molecule has 14 heteroatoms. The monoisotopic (exact) mass is 545 g/mol. The number of aromatic hydroxyl groups is 1. The zero-order valence-corrected chi connectivity index (χ0v) is 21.7. The fraction of sp³-hybridized carbons (Fsp3) is 0.440. The average Bonchev–Trinajstić information content (AvgIpc) is 3.39. The van der Waals surface area contributed by atoms with Gasteiger partial charge in [-0.15, -0.1) is 0 Å². The fourth-order valence-corrected chi connectivity index (χ4v) is 3.70. The summed E-state index contributed by atoms with van der Waals surface area (Å²) in [6, 6.07) is 0.912. The number of phenolic OH excluding ortho intramolecular Hbond substituents is 1. The molecular weight excluding hydrogens is 510 g/mol. The number of carboxylic acid groups (broad SMARTS) is 1. The van der Waals surface area contributed by atoms with Gasteiger partial charge in [0.15, 0.2) is 0 Å². The summed E-state index contributed by atoms with van der Waals surface area (Å²) >= 11 is 0. The molecule has 212 valence electrons. The average molecular weight is 546 g/mol. The number of phenols is 1. The lowest BCUT2D eigenvalue weighted by atomic mass is 9.98. The summed E-state index contributed by atoms with van der Waals surface area (Å²) in [6.07, 6.45) is 2.78. The van der Waals surface area contributed by atoms with Gasteiger partial charge in [0.25, 0.3) is 0 Å². The number of nitrogens with zero attached hydrogens (tertiary/aromatic N) is 1. The zero-order valence-electron chi connectivity index (χ0n) is 21.7. The lowest BCUT2D eigenvalue weighted by molar-refractivity contribution is -0.143. The second-order valence-electron chi connectivity index (χ2n) is 9.26. The lowest BCUT2D eigenvalue weighted by Crippen LogP contribution is -2.58. The molecular formula is C25H35N7O7. The van der Waals surface area contributed by atoms with Crippen LogP contribution >= 0.6 is 0 Å². The summed E-state index contributed by atoms with van der Waals surface area (Å²) in [7, 11) is 0. The molecule has 0 bridgehead atoms. The Balaban J connectivity index is 2.31. The number of H-pyrrole nitrogens is 1. The number of aromatic nitrogens is 2. The highest BCUT2D eigenvalue weighted by molar-refractivity contribution is 5.95. The summed E-state index contributed by atoms with van der Waals surface area (Å²) in [5, 5.41) is 26.7. The lowest BCUT2D eigenvalue weighted by Gasteiger charge is -2.26. The Labute approximate surface area is 224 Å². The minimum absolute atomic E-state index is 0.00199. The molecule has 1 aromatic carbocycles. The molecule has 0 radical (unpaired) electrons. The van der Waals surface area contributed by atoms with Gasteiger partial charge in [0.2, 0.25) is 23.6 Å². The Hall–Kier alpha value is -4.46. The molecule has 1 heterocycles. The van der Waals surface area contributed by atoms with Crippen LogP contribution in [0, 0.1) is 5.92 Å². The molecule has 2 aromatic rings. The number of primary amides is 1. The van der Waals surface area contributed by atoms with E-state index in [0.717, 1.165) is 0 Å². The second kappa shape index (κ2) is 14.5. The van der Waals surface area contributed by atoms with Crippen LogP contribution in [0.15, 0.2) is 36.8 Å². The number of aliphatic carboxylic acids is 1. The summed E-state index contributed by atoms with van der Waals surface area (Å²) in [4.78, 5) is 68.9. The molecule has 10 N–H and O–H groups in total. The van der Waals surface area contributed by atoms with E-state index >= 15 is 0 Å². The van der Waals surface area contributed by atoms with E-state index in [4.69, 9.17) is 11.5 Å². The van der Waals surface area contributed by atoms with E-state index in [1.807, 2.05) is 0 Å². The summed E-state index contributed by atoms with van der Waals surface area (Å²) in [6.45, 7) is 3.47. The van der Waals surface area contributed by atoms with Crippen LogP contribution in [0.3, 0.4) is 0 Å². The highest BCUT2D eigenvalue weighted by Gasteiger charge is 2.32. The highest BCUT2D eigenvalue weighted by atomic mass is 16.4. The van der Waals surface area contributed by atoms with E-state index in [2.05, 4.69) is 25.9 Å². The number of aromatic amines is 1. The van der Waals surface area contributed by atoms with Gasteiger partial charge in [-0.2, -0.15) is 0 Å². The molecule has 0 saturated carbocycles. The van der Waals surface area contributed by atoms with Gasteiger partial charge < -0.3 is 42.6 Å². The molecule has 39 heavy (non-hydrogen) atoms. The van der Waals surface area contributed by atoms with Gasteiger partial charge in [-0.25, -0.2) is 9.78 Å². The standard InChI is InChI=1S/C25H35N7O7/c1-3-13(2)21(25(38)39)32-24(37)19(9-15-11-28-12-29-15)31-23(36)18(8-14-4-6-16(33)7-5-14)30-22(35)17(26)10-20(27)34/h4-7,11-13,17-19,21,33H,3,8-10,26H2,1-2H3,(H2,27,34)(H,28,29)(H,30,35)(H,31,36)(H,32,37)(H,38,39). The van der Waals surface area contributed by atoms with Gasteiger partial charge in [-0.3, -0.25) is 19.2 Å². The van der Waals surface area contributed by atoms with E-state index in [-0.39, 0.29) is 24.5 Å². The molecule has 2 rings (SSSR count). The SMILES string of the molecule is CCC(C)C(NC(=O)C(Cc1cnc[nH]1)NC(=O)C(Cc1ccc(O)cc1)NC(=O)C(N)CC(N)=O)C(=O)O. The van der Waals surface area contributed by atoms with Crippen LogP contribution in [0.1, 0.15) is 37.9 Å². The largest absolute Gasteiger partial charge is 0.508 e. The van der Waals surface area contributed by atoms with Crippen molar-refractivity contribution in [2.75, 3.05) is 0 Å². The highest BCUT2D eigenvalue weighted by Crippen LogP contribution is 2.13. The van der Waals surface area contributed by atoms with Crippen LogP contribution in [0.2, 0.25) is 0 Å². The summed E-state index contributed by atoms with van der Waals surface area (Å²) < 4.78 is 0. The number of benzene rings is 1. The Kier molecular flexibility index (Phi) is 11.4. The van der Waals surface area contributed by atoms with Crippen LogP contribution in [0.25, 0.3) is 0 Å². The molecule has 4 amide bonds. The number of carboxylic acids is 1. The topological polar surface area (TPSA) is 243 Å². The number of imidazole rings is 1. The van der Waals surface area contributed by atoms with Crippen LogP contribution in [-0.4, -0.2) is 73.9 Å². The summed E-state index contributed by atoms with van der Waals surface area (Å²) in [5.41, 5.74) is 11.9. The number of nitrogens with one attached hydrogen (secondary N) is 4. The molecule has 5 unspecified atom stereocenters. The molecule has 0 aliphatic heterocycles. The van der Waals surface area contributed by atoms with Gasteiger partial charge in [-0.05, 0) is 23.6 Å². The Bertz CT molecular complexity index is 1140. The first-order valence-electron chi connectivity index (χ1n) is 12.3. The fourth-order valence-electron chi connectivity index (χ4n) is 3.70. The molecule has 0 saturated heterocycles. The van der Waals surface area contributed by atoms with Crippen molar-refractivity contribution in [3.63, 3.8) is 0 Å². The number of amides is 4. The van der Waals surface area contributed by atoms with E-state index in [9.17, 15) is 34.2 Å². The maximum Gasteiger partial charge on any atom is 0.326 e. The Morgan fingerprint density at radius 1 is 0.974 bits per heavy atom. The van der Waals surface area contributed by atoms with Crippen LogP contribution in [0.5, 0.6) is 5.75 Å². The number of hydrogen-bond acceptors (Lipinski definition) is 8. The van der Waals surface area contributed by atoms with Crippen molar-refractivity contribution >= 4 is 29.6 Å². The maximum atomic E-state index is 13.4. The van der Waals surface area contributed by atoms with E-state index < -0.39 is 60.2 Å². The predicted octanol–water partition coefficient (Wildman–Crippen LogP) is -1.31. The van der Waals surface area contributed by atoms with Crippen molar-refractivity contribution in [3.8, 4) is 5.75 Å². The van der Waals surface area contributed by atoms with E-state index in [1.165, 1.54) is 24.7 Å². The minimum atomic E-state index is -1.31. The Morgan fingerprint density at radius 3 is 2.10 bits per heavy atom. The van der Waals surface area contributed by atoms with Crippen molar-refractivity contribution in [3.05, 3.63) is 48.0 Å². The summed E-state index contributed by atoms with van der Waals surface area (Å²) in [5.74, 6) is -4.73. The van der Waals surface area contributed by atoms with Crippen molar-refractivity contribution in [2.24, 2.45) is 17.4 Å². The number of hydrogen-bond donors (Lipinski definition) is 8. The maximum absolute atomic E-state index is 13.4. The molecule has 0 fully saturated rings. The number of carbonyl (C=O) groups is 5. The molecule has 1 aromatic heterocycles. The first kappa shape index (κ1) is 30.8. The first-order chi connectivity index (χ1) is 18.4. The second-order valence-corrected chi connectivity index (χ2v) is 9.26.